The molecule has 0 aromatic rings. The highest BCUT2D eigenvalue weighted by Gasteiger charge is 2.13. The van der Waals surface area contributed by atoms with Crippen molar-refractivity contribution in [2.45, 2.75) is 168 Å². The third-order valence-electron chi connectivity index (χ3n) is 8.43. The van der Waals surface area contributed by atoms with Gasteiger partial charge in [0, 0.05) is 13.1 Å². The Kier molecular flexibility index (Phi) is 27.4. The van der Waals surface area contributed by atoms with Gasteiger partial charge in [0.2, 0.25) is 0 Å². The van der Waals surface area contributed by atoms with Gasteiger partial charge < -0.3 is 9.80 Å². The van der Waals surface area contributed by atoms with Crippen LogP contribution in [0, 0.1) is 0 Å². The molecular formula is C36H70N2. The van der Waals surface area contributed by atoms with Crippen LogP contribution in [-0.4, -0.2) is 49.1 Å². The van der Waals surface area contributed by atoms with Crippen LogP contribution in [0.3, 0.4) is 0 Å². The molecule has 1 aliphatic heterocycles. The minimum atomic E-state index is 1.13. The van der Waals surface area contributed by atoms with Crippen molar-refractivity contribution in [3.05, 3.63) is 24.3 Å². The Morgan fingerprint density at radius 1 is 0.474 bits per heavy atom. The van der Waals surface area contributed by atoms with E-state index in [-0.39, 0.29) is 0 Å². The molecule has 0 spiro atoms. The van der Waals surface area contributed by atoms with Gasteiger partial charge in [0.05, 0.1) is 0 Å². The van der Waals surface area contributed by atoms with Gasteiger partial charge in [-0.15, -0.1) is 0 Å². The van der Waals surface area contributed by atoms with E-state index in [0.717, 1.165) is 6.42 Å². The molecule has 2 nitrogen and oxygen atoms in total. The highest BCUT2D eigenvalue weighted by molar-refractivity contribution is 4.92. The first-order valence-electron chi connectivity index (χ1n) is 17.6. The van der Waals surface area contributed by atoms with Crippen molar-refractivity contribution < 1.29 is 0 Å². The number of likely N-dealkylation sites (tertiary alicyclic amines) is 1. The number of nitrogens with zero attached hydrogens (tertiary/aromatic N) is 2. The lowest BCUT2D eigenvalue weighted by molar-refractivity contribution is 0.217. The van der Waals surface area contributed by atoms with Gasteiger partial charge in [-0.3, -0.25) is 0 Å². The molecule has 0 aromatic heterocycles. The van der Waals surface area contributed by atoms with Gasteiger partial charge in [-0.2, -0.15) is 0 Å². The molecule has 0 bridgehead atoms. The fraction of sp³-hybridized carbons (Fsp3) is 0.889. The van der Waals surface area contributed by atoms with Crippen molar-refractivity contribution in [1.29, 1.82) is 0 Å². The predicted molar refractivity (Wildman–Crippen MR) is 173 cm³/mol. The molecule has 0 aliphatic carbocycles. The lowest BCUT2D eigenvalue weighted by atomic mass is 10.1. The SMILES string of the molecule is CCCCC/C=C\C/C=C\CCCCCCCCCCN(CCCCCCCCCC)CCN1CCCC1. The molecule has 0 radical (unpaired) electrons. The van der Waals surface area contributed by atoms with E-state index in [1.807, 2.05) is 0 Å². The van der Waals surface area contributed by atoms with E-state index in [1.165, 1.54) is 187 Å². The van der Waals surface area contributed by atoms with Gasteiger partial charge in [-0.1, -0.05) is 134 Å². The van der Waals surface area contributed by atoms with Crippen LogP contribution in [0.5, 0.6) is 0 Å². The summed E-state index contributed by atoms with van der Waals surface area (Å²) in [7, 11) is 0. The maximum atomic E-state index is 2.81. The third-order valence-corrected chi connectivity index (χ3v) is 8.43. The lowest BCUT2D eigenvalue weighted by Gasteiger charge is -2.25. The van der Waals surface area contributed by atoms with Crippen molar-refractivity contribution in [3.63, 3.8) is 0 Å². The standard InChI is InChI=1S/C36H70N2/c1-3-5-7-9-11-13-14-15-16-17-18-19-20-21-22-24-26-28-32-37(35-36-38-33-29-30-34-38)31-27-25-23-12-10-8-6-4-2/h11,13,15-16H,3-10,12,14,17-36H2,1-2H3/b13-11-,16-15-. The van der Waals surface area contributed by atoms with E-state index >= 15 is 0 Å². The quantitative estimate of drug-likeness (QED) is 0.0700. The summed E-state index contributed by atoms with van der Waals surface area (Å²) in [5.41, 5.74) is 0. The molecule has 1 heterocycles. The van der Waals surface area contributed by atoms with E-state index in [9.17, 15) is 0 Å². The molecule has 0 aromatic carbocycles. The largest absolute Gasteiger partial charge is 0.302 e. The molecular weight excluding hydrogens is 460 g/mol. The summed E-state index contributed by atoms with van der Waals surface area (Å²) in [6.45, 7) is 12.6. The normalized spacial score (nSPS) is 14.7. The third kappa shape index (κ3) is 24.4. The average Bonchev–Trinajstić information content (AvgIpc) is 3.46. The minimum absolute atomic E-state index is 1.13. The van der Waals surface area contributed by atoms with E-state index < -0.39 is 0 Å². The second-order valence-electron chi connectivity index (χ2n) is 12.2. The number of hydrogen-bond donors (Lipinski definition) is 0. The van der Waals surface area contributed by atoms with Gasteiger partial charge >= 0.3 is 0 Å². The van der Waals surface area contributed by atoms with Crippen LogP contribution in [-0.2, 0) is 0 Å². The molecule has 224 valence electrons. The monoisotopic (exact) mass is 531 g/mol. The van der Waals surface area contributed by atoms with Gasteiger partial charge in [-0.25, -0.2) is 0 Å². The van der Waals surface area contributed by atoms with Crippen molar-refractivity contribution in [2.24, 2.45) is 0 Å². The fourth-order valence-corrected chi connectivity index (χ4v) is 5.77. The topological polar surface area (TPSA) is 6.48 Å². The van der Waals surface area contributed by atoms with E-state index in [0.29, 0.717) is 0 Å². The Morgan fingerprint density at radius 2 is 0.895 bits per heavy atom. The second kappa shape index (κ2) is 29.4. The lowest BCUT2D eigenvalue weighted by Crippen LogP contribution is -2.35. The molecule has 38 heavy (non-hydrogen) atoms. The first-order valence-corrected chi connectivity index (χ1v) is 17.6. The summed E-state index contributed by atoms with van der Waals surface area (Å²) >= 11 is 0. The fourth-order valence-electron chi connectivity index (χ4n) is 5.77. The summed E-state index contributed by atoms with van der Waals surface area (Å²) in [6, 6.07) is 0. The molecule has 0 amide bonds. The van der Waals surface area contributed by atoms with E-state index in [1.54, 1.807) is 0 Å². The molecule has 0 atom stereocenters. The summed E-state index contributed by atoms with van der Waals surface area (Å²) in [4.78, 5) is 5.51. The van der Waals surface area contributed by atoms with Crippen molar-refractivity contribution in [2.75, 3.05) is 39.3 Å². The van der Waals surface area contributed by atoms with Crippen LogP contribution < -0.4 is 0 Å². The molecule has 0 unspecified atom stereocenters. The highest BCUT2D eigenvalue weighted by Crippen LogP contribution is 2.13. The molecule has 2 heteroatoms. The Labute approximate surface area is 241 Å². The predicted octanol–water partition coefficient (Wildman–Crippen LogP) is 11.1. The highest BCUT2D eigenvalue weighted by atomic mass is 15.2. The molecule has 1 fully saturated rings. The van der Waals surface area contributed by atoms with Crippen molar-refractivity contribution >= 4 is 0 Å². The zero-order valence-electron chi connectivity index (χ0n) is 26.4. The second-order valence-corrected chi connectivity index (χ2v) is 12.2. The summed E-state index contributed by atoms with van der Waals surface area (Å²) < 4.78 is 0. The summed E-state index contributed by atoms with van der Waals surface area (Å²) in [5.74, 6) is 0. The number of unbranched alkanes of at least 4 members (excludes halogenated alkanes) is 18. The smallest absolute Gasteiger partial charge is 0.0109 e. The van der Waals surface area contributed by atoms with Crippen LogP contribution in [0.25, 0.3) is 0 Å². The number of allylic oxidation sites excluding steroid dienone is 4. The summed E-state index contributed by atoms with van der Waals surface area (Å²) in [5, 5.41) is 0. The van der Waals surface area contributed by atoms with Crippen LogP contribution in [0.4, 0.5) is 0 Å². The van der Waals surface area contributed by atoms with Crippen LogP contribution in [0.2, 0.25) is 0 Å². The zero-order chi connectivity index (χ0) is 27.2. The van der Waals surface area contributed by atoms with Crippen LogP contribution in [0.15, 0.2) is 24.3 Å². The minimum Gasteiger partial charge on any atom is -0.302 e. The first-order chi connectivity index (χ1) is 18.9. The molecule has 1 aliphatic rings. The van der Waals surface area contributed by atoms with Gasteiger partial charge in [-0.05, 0) is 84.0 Å². The Hall–Kier alpha value is -0.600. The molecule has 0 N–H and O–H groups in total. The van der Waals surface area contributed by atoms with E-state index in [2.05, 4.69) is 48.0 Å². The van der Waals surface area contributed by atoms with Crippen LogP contribution >= 0.6 is 0 Å². The zero-order valence-corrected chi connectivity index (χ0v) is 26.4. The maximum absolute atomic E-state index is 2.81. The van der Waals surface area contributed by atoms with Crippen LogP contribution in [0.1, 0.15) is 168 Å². The van der Waals surface area contributed by atoms with Crippen molar-refractivity contribution in [1.82, 2.24) is 9.80 Å². The van der Waals surface area contributed by atoms with Crippen molar-refractivity contribution in [3.8, 4) is 0 Å². The maximum Gasteiger partial charge on any atom is 0.0109 e. The first kappa shape index (κ1) is 35.4. The Morgan fingerprint density at radius 3 is 1.42 bits per heavy atom. The van der Waals surface area contributed by atoms with Gasteiger partial charge in [0.1, 0.15) is 0 Å². The Bertz CT molecular complexity index is 505. The van der Waals surface area contributed by atoms with E-state index in [4.69, 9.17) is 0 Å². The van der Waals surface area contributed by atoms with Gasteiger partial charge in [0.15, 0.2) is 0 Å². The average molecular weight is 531 g/mol. The molecule has 0 saturated carbocycles. The summed E-state index contributed by atoms with van der Waals surface area (Å²) in [6.07, 6.45) is 42.9. The molecule has 1 rings (SSSR count). The Balaban J connectivity index is 1.98. The number of hydrogen-bond acceptors (Lipinski definition) is 2. The van der Waals surface area contributed by atoms with Gasteiger partial charge in [0.25, 0.3) is 0 Å². The number of rotatable bonds is 29. The molecule has 1 saturated heterocycles.